The van der Waals surface area contributed by atoms with Gasteiger partial charge >= 0.3 is 0 Å². The fourth-order valence-corrected chi connectivity index (χ4v) is 4.85. The highest BCUT2D eigenvalue weighted by molar-refractivity contribution is 6.18. The Morgan fingerprint density at radius 2 is 1.67 bits per heavy atom. The van der Waals surface area contributed by atoms with Crippen molar-refractivity contribution in [1.29, 1.82) is 0 Å². The number of nitrogens with one attached hydrogen (secondary N) is 1. The molecule has 0 bridgehead atoms. The van der Waals surface area contributed by atoms with Crippen LogP contribution in [0, 0.1) is 0 Å². The second-order valence-corrected chi connectivity index (χ2v) is 10.1. The molecule has 1 aromatic rings. The molecule has 1 amide bonds. The van der Waals surface area contributed by atoms with Crippen molar-refractivity contribution in [3.05, 3.63) is 29.8 Å². The molecule has 0 aromatic heterocycles. The predicted octanol–water partition coefficient (Wildman–Crippen LogP) is 3.37. The molecule has 30 heavy (non-hydrogen) atoms. The zero-order chi connectivity index (χ0) is 22.5. The van der Waals surface area contributed by atoms with Gasteiger partial charge in [0, 0.05) is 47.7 Å². The van der Waals surface area contributed by atoms with Gasteiger partial charge in [-0.2, -0.15) is 5.06 Å². The van der Waals surface area contributed by atoms with Crippen molar-refractivity contribution in [3.63, 3.8) is 0 Å². The number of nitrogens with two attached hydrogens (primary N) is 1. The minimum atomic E-state index is -0.629. The fraction of sp³-hybridized carbons (Fsp3) is 0.682. The standard InChI is InChI=1S/C22H36Cl2N4O2/c1-21(2)14-17(15-22(3,4)28(21)30)26-20(29)19(25)13-16-5-7-18(8-6-16)27(11-9-23)12-10-24/h5-8,17,19,30H,9-15,25H2,1-4H3,(H,26,29). The van der Waals surface area contributed by atoms with Crippen LogP contribution in [0.3, 0.4) is 0 Å². The smallest absolute Gasteiger partial charge is 0.237 e. The molecule has 1 fully saturated rings. The third kappa shape index (κ3) is 6.47. The largest absolute Gasteiger partial charge is 0.369 e. The number of halogens is 2. The molecular formula is C22H36Cl2N4O2. The molecule has 1 atom stereocenters. The number of hydroxylamine groups is 2. The van der Waals surface area contributed by atoms with E-state index in [2.05, 4.69) is 10.2 Å². The van der Waals surface area contributed by atoms with Crippen LogP contribution < -0.4 is 16.0 Å². The summed E-state index contributed by atoms with van der Waals surface area (Å²) < 4.78 is 0. The second kappa shape index (κ2) is 10.5. The van der Waals surface area contributed by atoms with Crippen LogP contribution in [0.2, 0.25) is 0 Å². The summed E-state index contributed by atoms with van der Waals surface area (Å²) in [7, 11) is 0. The molecule has 1 unspecified atom stereocenters. The number of carbonyl (C=O) groups is 1. The van der Waals surface area contributed by atoms with Crippen molar-refractivity contribution >= 4 is 34.8 Å². The molecule has 4 N–H and O–H groups in total. The van der Waals surface area contributed by atoms with E-state index in [9.17, 15) is 10.0 Å². The number of anilines is 1. The lowest BCUT2D eigenvalue weighted by Gasteiger charge is -2.51. The van der Waals surface area contributed by atoms with Crippen LogP contribution in [-0.2, 0) is 11.2 Å². The normalized spacial score (nSPS) is 20.0. The number of nitrogens with zero attached hydrogens (tertiary/aromatic N) is 2. The SMILES string of the molecule is CC1(C)CC(NC(=O)C(N)Cc2ccc(N(CCCl)CCCl)cc2)CC(C)(C)N1O. The summed E-state index contributed by atoms with van der Waals surface area (Å²) in [6.45, 7) is 9.38. The summed E-state index contributed by atoms with van der Waals surface area (Å²) in [6, 6.07) is 7.36. The van der Waals surface area contributed by atoms with Gasteiger partial charge in [0.1, 0.15) is 0 Å². The first-order valence-corrected chi connectivity index (χ1v) is 11.6. The number of piperidine rings is 1. The molecule has 1 heterocycles. The molecule has 6 nitrogen and oxygen atoms in total. The molecular weight excluding hydrogens is 423 g/mol. The van der Waals surface area contributed by atoms with Crippen LogP contribution in [0.25, 0.3) is 0 Å². The van der Waals surface area contributed by atoms with Crippen molar-refractivity contribution in [2.75, 3.05) is 29.7 Å². The van der Waals surface area contributed by atoms with Crippen molar-refractivity contribution in [2.24, 2.45) is 5.73 Å². The van der Waals surface area contributed by atoms with Crippen LogP contribution >= 0.6 is 23.2 Å². The van der Waals surface area contributed by atoms with E-state index in [4.69, 9.17) is 28.9 Å². The number of hydrogen-bond donors (Lipinski definition) is 3. The summed E-state index contributed by atoms with van der Waals surface area (Å²) in [5, 5.41) is 14.9. The molecule has 0 radical (unpaired) electrons. The summed E-state index contributed by atoms with van der Waals surface area (Å²) in [4.78, 5) is 14.8. The Bertz CT molecular complexity index is 673. The zero-order valence-electron chi connectivity index (χ0n) is 18.5. The molecule has 2 rings (SSSR count). The molecule has 1 aliphatic rings. The monoisotopic (exact) mass is 458 g/mol. The van der Waals surface area contributed by atoms with Crippen molar-refractivity contribution in [1.82, 2.24) is 10.4 Å². The van der Waals surface area contributed by atoms with Crippen LogP contribution in [-0.4, -0.2) is 64.2 Å². The number of hydrogen-bond acceptors (Lipinski definition) is 5. The van der Waals surface area contributed by atoms with Gasteiger partial charge < -0.3 is 21.2 Å². The minimum absolute atomic E-state index is 0.0287. The molecule has 1 aliphatic heterocycles. The predicted molar refractivity (Wildman–Crippen MR) is 125 cm³/mol. The average molecular weight is 459 g/mol. The first-order valence-electron chi connectivity index (χ1n) is 10.5. The highest BCUT2D eigenvalue weighted by Crippen LogP contribution is 2.36. The quantitative estimate of drug-likeness (QED) is 0.494. The summed E-state index contributed by atoms with van der Waals surface area (Å²) in [5.41, 5.74) is 7.42. The minimum Gasteiger partial charge on any atom is -0.369 e. The van der Waals surface area contributed by atoms with E-state index < -0.39 is 17.1 Å². The van der Waals surface area contributed by atoms with Gasteiger partial charge in [-0.3, -0.25) is 4.79 Å². The van der Waals surface area contributed by atoms with Crippen molar-refractivity contribution in [2.45, 2.75) is 70.1 Å². The second-order valence-electron chi connectivity index (χ2n) is 9.39. The molecule has 1 saturated heterocycles. The highest BCUT2D eigenvalue weighted by Gasteiger charge is 2.45. The van der Waals surface area contributed by atoms with Gasteiger partial charge in [-0.15, -0.1) is 23.2 Å². The van der Waals surface area contributed by atoms with Gasteiger partial charge in [-0.05, 0) is 64.7 Å². The number of alkyl halides is 2. The zero-order valence-corrected chi connectivity index (χ0v) is 20.0. The van der Waals surface area contributed by atoms with Crippen molar-refractivity contribution in [3.8, 4) is 0 Å². The van der Waals surface area contributed by atoms with Gasteiger partial charge in [0.05, 0.1) is 6.04 Å². The maximum Gasteiger partial charge on any atom is 0.237 e. The third-order valence-corrected chi connectivity index (χ3v) is 6.13. The lowest BCUT2D eigenvalue weighted by Crippen LogP contribution is -2.63. The maximum atomic E-state index is 12.7. The van der Waals surface area contributed by atoms with E-state index in [1.54, 1.807) is 0 Å². The molecule has 0 aliphatic carbocycles. The van der Waals surface area contributed by atoms with Crippen LogP contribution in [0.4, 0.5) is 5.69 Å². The van der Waals surface area contributed by atoms with E-state index in [1.807, 2.05) is 52.0 Å². The average Bonchev–Trinajstić information content (AvgIpc) is 2.66. The molecule has 0 spiro atoms. The first kappa shape index (κ1) is 25.2. The Hall–Kier alpha value is -1.05. The number of amides is 1. The maximum absolute atomic E-state index is 12.7. The summed E-state index contributed by atoms with van der Waals surface area (Å²) in [5.74, 6) is 0.909. The van der Waals surface area contributed by atoms with Gasteiger partial charge in [0.15, 0.2) is 0 Å². The number of benzene rings is 1. The Labute approximate surface area is 190 Å². The number of rotatable bonds is 9. The Balaban J connectivity index is 1.96. The highest BCUT2D eigenvalue weighted by atomic mass is 35.5. The Kier molecular flexibility index (Phi) is 8.83. The number of carbonyl (C=O) groups excluding carboxylic acids is 1. The van der Waals surface area contributed by atoms with Crippen LogP contribution in [0.1, 0.15) is 46.1 Å². The molecule has 8 heteroatoms. The Morgan fingerprint density at radius 3 is 2.13 bits per heavy atom. The lowest BCUT2D eigenvalue weighted by molar-refractivity contribution is -0.246. The molecule has 170 valence electrons. The van der Waals surface area contributed by atoms with E-state index in [1.165, 1.54) is 5.06 Å². The van der Waals surface area contributed by atoms with Crippen molar-refractivity contribution < 1.29 is 10.0 Å². The lowest BCUT2D eigenvalue weighted by atomic mass is 9.79. The van der Waals surface area contributed by atoms with E-state index >= 15 is 0 Å². The molecule has 0 saturated carbocycles. The van der Waals surface area contributed by atoms with Gasteiger partial charge in [-0.25, -0.2) is 0 Å². The first-order chi connectivity index (χ1) is 14.0. The Morgan fingerprint density at radius 1 is 1.17 bits per heavy atom. The van der Waals surface area contributed by atoms with Crippen LogP contribution in [0.5, 0.6) is 0 Å². The summed E-state index contributed by atoms with van der Waals surface area (Å²) >= 11 is 11.8. The van der Waals surface area contributed by atoms with E-state index in [0.29, 0.717) is 31.0 Å². The third-order valence-electron chi connectivity index (χ3n) is 5.79. The van der Waals surface area contributed by atoms with E-state index in [-0.39, 0.29) is 11.9 Å². The topological polar surface area (TPSA) is 81.8 Å². The summed E-state index contributed by atoms with van der Waals surface area (Å²) in [6.07, 6.45) is 1.79. The van der Waals surface area contributed by atoms with E-state index in [0.717, 1.165) is 24.3 Å². The van der Waals surface area contributed by atoms with Gasteiger partial charge in [0.2, 0.25) is 5.91 Å². The van der Waals surface area contributed by atoms with Crippen LogP contribution in [0.15, 0.2) is 24.3 Å². The van der Waals surface area contributed by atoms with Gasteiger partial charge in [0.25, 0.3) is 0 Å². The molecule has 1 aromatic carbocycles. The van der Waals surface area contributed by atoms with Gasteiger partial charge in [-0.1, -0.05) is 12.1 Å². The fourth-order valence-electron chi connectivity index (χ4n) is 4.44.